The minimum Gasteiger partial charge on any atom is -0.338 e. The van der Waals surface area contributed by atoms with Crippen LogP contribution in [0.25, 0.3) is 0 Å². The first-order chi connectivity index (χ1) is 11.3. The molecule has 0 aromatic carbocycles. The van der Waals surface area contributed by atoms with Gasteiger partial charge in [-0.1, -0.05) is 0 Å². The zero-order valence-corrected chi connectivity index (χ0v) is 15.7. The van der Waals surface area contributed by atoms with Gasteiger partial charge < -0.3 is 9.80 Å². The van der Waals surface area contributed by atoms with Crippen LogP contribution in [-0.4, -0.2) is 82.7 Å². The molecule has 0 bridgehead atoms. The minimum absolute atomic E-state index is 0.148. The van der Waals surface area contributed by atoms with Gasteiger partial charge >= 0.3 is 0 Å². The number of carbonyl (C=O) groups is 1. The quantitative estimate of drug-likeness (QED) is 0.818. The molecule has 0 radical (unpaired) electrons. The van der Waals surface area contributed by atoms with Crippen LogP contribution in [0.5, 0.6) is 0 Å². The second kappa shape index (κ2) is 6.48. The molecule has 0 unspecified atom stereocenters. The maximum absolute atomic E-state index is 13.1. The predicted octanol–water partition coefficient (Wildman–Crippen LogP) is 1.30. The SMILES string of the molecule is Cc1cc(C)n([C@H](C)C(=O)N2CCN(C)C3(CCN(C)CC3)C2)n1. The fraction of sp³-hybridized carbons (Fsp3) is 0.778. The highest BCUT2D eigenvalue weighted by Crippen LogP contribution is 2.32. The van der Waals surface area contributed by atoms with Crippen molar-refractivity contribution in [2.45, 2.75) is 45.2 Å². The van der Waals surface area contributed by atoms with Crippen molar-refractivity contribution in [1.82, 2.24) is 24.5 Å². The lowest BCUT2D eigenvalue weighted by molar-refractivity contribution is -0.141. The molecule has 0 N–H and O–H groups in total. The Bertz CT molecular complexity index is 603. The van der Waals surface area contributed by atoms with E-state index in [1.165, 1.54) is 0 Å². The molecule has 6 nitrogen and oxygen atoms in total. The summed E-state index contributed by atoms with van der Waals surface area (Å²) in [5.41, 5.74) is 2.17. The molecule has 2 aliphatic heterocycles. The van der Waals surface area contributed by atoms with E-state index >= 15 is 0 Å². The van der Waals surface area contributed by atoms with Crippen LogP contribution >= 0.6 is 0 Å². The van der Waals surface area contributed by atoms with Crippen LogP contribution in [0.1, 0.15) is 37.2 Å². The molecule has 1 atom stereocenters. The standard InChI is InChI=1S/C18H31N5O/c1-14-12-15(2)23(19-14)16(3)17(24)22-11-10-21(5)18(13-22)6-8-20(4)9-7-18/h12,16H,6-11,13H2,1-5H3/t16-/m1/s1. The molecule has 24 heavy (non-hydrogen) atoms. The molecule has 1 aromatic heterocycles. The molecule has 6 heteroatoms. The summed E-state index contributed by atoms with van der Waals surface area (Å²) in [4.78, 5) is 20.0. The zero-order valence-electron chi connectivity index (χ0n) is 15.7. The number of amides is 1. The third-order valence-electron chi connectivity index (χ3n) is 6.00. The fourth-order valence-electron chi connectivity index (χ4n) is 4.23. The van der Waals surface area contributed by atoms with Crippen molar-refractivity contribution in [3.05, 3.63) is 17.5 Å². The Kier molecular flexibility index (Phi) is 4.71. The monoisotopic (exact) mass is 333 g/mol. The van der Waals surface area contributed by atoms with Gasteiger partial charge in [0, 0.05) is 30.9 Å². The van der Waals surface area contributed by atoms with Crippen molar-refractivity contribution in [3.63, 3.8) is 0 Å². The van der Waals surface area contributed by atoms with E-state index in [-0.39, 0.29) is 17.5 Å². The van der Waals surface area contributed by atoms with Crippen LogP contribution in [-0.2, 0) is 4.79 Å². The number of hydrogen-bond acceptors (Lipinski definition) is 4. The smallest absolute Gasteiger partial charge is 0.247 e. The number of nitrogens with zero attached hydrogens (tertiary/aromatic N) is 5. The van der Waals surface area contributed by atoms with Crippen LogP contribution in [0, 0.1) is 13.8 Å². The van der Waals surface area contributed by atoms with Gasteiger partial charge in [-0.2, -0.15) is 5.10 Å². The Morgan fingerprint density at radius 1 is 1.17 bits per heavy atom. The Morgan fingerprint density at radius 2 is 1.83 bits per heavy atom. The number of aromatic nitrogens is 2. The van der Waals surface area contributed by atoms with Crippen LogP contribution in [0.15, 0.2) is 6.07 Å². The highest BCUT2D eigenvalue weighted by Gasteiger charge is 2.43. The molecule has 2 saturated heterocycles. The van der Waals surface area contributed by atoms with Crippen molar-refractivity contribution in [2.24, 2.45) is 0 Å². The highest BCUT2D eigenvalue weighted by molar-refractivity contribution is 5.80. The average molecular weight is 333 g/mol. The second-order valence-electron chi connectivity index (χ2n) is 7.76. The van der Waals surface area contributed by atoms with Gasteiger partial charge in [0.2, 0.25) is 5.91 Å². The number of piperidine rings is 1. The maximum Gasteiger partial charge on any atom is 0.247 e. The van der Waals surface area contributed by atoms with E-state index in [1.54, 1.807) is 0 Å². The summed E-state index contributed by atoms with van der Waals surface area (Å²) in [5, 5.41) is 4.51. The summed E-state index contributed by atoms with van der Waals surface area (Å²) in [5.74, 6) is 0.201. The summed E-state index contributed by atoms with van der Waals surface area (Å²) in [7, 11) is 4.40. The van der Waals surface area contributed by atoms with Crippen LogP contribution in [0.3, 0.4) is 0 Å². The highest BCUT2D eigenvalue weighted by atomic mass is 16.2. The molecule has 2 aliphatic rings. The molecule has 1 amide bonds. The van der Waals surface area contributed by atoms with Crippen molar-refractivity contribution >= 4 is 5.91 Å². The second-order valence-corrected chi connectivity index (χ2v) is 7.76. The number of hydrogen-bond donors (Lipinski definition) is 0. The largest absolute Gasteiger partial charge is 0.338 e. The Morgan fingerprint density at radius 3 is 2.42 bits per heavy atom. The van der Waals surface area contributed by atoms with Crippen LogP contribution in [0.2, 0.25) is 0 Å². The van der Waals surface area contributed by atoms with Gasteiger partial charge in [0.25, 0.3) is 0 Å². The van der Waals surface area contributed by atoms with Crippen molar-refractivity contribution < 1.29 is 4.79 Å². The molecular weight excluding hydrogens is 302 g/mol. The summed E-state index contributed by atoms with van der Waals surface area (Å²) in [6.45, 7) is 10.8. The summed E-state index contributed by atoms with van der Waals surface area (Å²) in [6.07, 6.45) is 2.27. The summed E-state index contributed by atoms with van der Waals surface area (Å²) in [6, 6.07) is 1.80. The van der Waals surface area contributed by atoms with Gasteiger partial charge in [0.05, 0.1) is 5.69 Å². The first kappa shape index (κ1) is 17.4. The van der Waals surface area contributed by atoms with Gasteiger partial charge in [-0.25, -0.2) is 0 Å². The molecule has 3 heterocycles. The molecular formula is C18H31N5O. The fourth-order valence-corrected chi connectivity index (χ4v) is 4.23. The zero-order chi connectivity index (χ0) is 17.5. The van der Waals surface area contributed by atoms with Gasteiger partial charge in [-0.05, 0) is 66.9 Å². The Labute approximate surface area is 145 Å². The van der Waals surface area contributed by atoms with E-state index in [2.05, 4.69) is 33.9 Å². The number of carbonyl (C=O) groups excluding carboxylic acids is 1. The minimum atomic E-state index is -0.231. The van der Waals surface area contributed by atoms with Crippen molar-refractivity contribution in [2.75, 3.05) is 46.8 Å². The summed E-state index contributed by atoms with van der Waals surface area (Å²) < 4.78 is 1.87. The van der Waals surface area contributed by atoms with Gasteiger partial charge in [-0.15, -0.1) is 0 Å². The van der Waals surface area contributed by atoms with Crippen LogP contribution < -0.4 is 0 Å². The van der Waals surface area contributed by atoms with Crippen molar-refractivity contribution in [1.29, 1.82) is 0 Å². The molecule has 1 spiro atoms. The number of likely N-dealkylation sites (tertiary alicyclic amines) is 1. The average Bonchev–Trinajstić information content (AvgIpc) is 2.90. The van der Waals surface area contributed by atoms with Gasteiger partial charge in [0.1, 0.15) is 6.04 Å². The lowest BCUT2D eigenvalue weighted by Crippen LogP contribution is -2.65. The first-order valence-corrected chi connectivity index (χ1v) is 9.04. The maximum atomic E-state index is 13.1. The molecule has 134 valence electrons. The molecule has 1 aromatic rings. The topological polar surface area (TPSA) is 44.6 Å². The molecule has 3 rings (SSSR count). The molecule has 0 aliphatic carbocycles. The summed E-state index contributed by atoms with van der Waals surface area (Å²) >= 11 is 0. The van der Waals surface area contributed by atoms with E-state index in [9.17, 15) is 4.79 Å². The number of aryl methyl sites for hydroxylation is 2. The lowest BCUT2D eigenvalue weighted by Gasteiger charge is -2.53. The van der Waals surface area contributed by atoms with Crippen LogP contribution in [0.4, 0.5) is 0 Å². The third-order valence-corrected chi connectivity index (χ3v) is 6.00. The Hall–Kier alpha value is -1.40. The normalized spacial score (nSPS) is 23.6. The van der Waals surface area contributed by atoms with E-state index in [0.29, 0.717) is 0 Å². The Balaban J connectivity index is 1.74. The van der Waals surface area contributed by atoms with Gasteiger partial charge in [0.15, 0.2) is 0 Å². The molecule has 0 saturated carbocycles. The lowest BCUT2D eigenvalue weighted by atomic mass is 9.83. The van der Waals surface area contributed by atoms with E-state index in [0.717, 1.165) is 57.0 Å². The first-order valence-electron chi connectivity index (χ1n) is 9.04. The predicted molar refractivity (Wildman–Crippen MR) is 95.1 cm³/mol. The van der Waals surface area contributed by atoms with Crippen molar-refractivity contribution in [3.8, 4) is 0 Å². The van der Waals surface area contributed by atoms with Gasteiger partial charge in [-0.3, -0.25) is 14.4 Å². The number of likely N-dealkylation sites (N-methyl/N-ethyl adjacent to an activating group) is 1. The van der Waals surface area contributed by atoms with E-state index in [4.69, 9.17) is 0 Å². The van der Waals surface area contributed by atoms with E-state index in [1.807, 2.05) is 31.5 Å². The molecule has 2 fully saturated rings. The number of piperazine rings is 1. The number of rotatable bonds is 2. The third kappa shape index (κ3) is 3.09. The van der Waals surface area contributed by atoms with E-state index < -0.39 is 0 Å².